The van der Waals surface area contributed by atoms with Crippen molar-refractivity contribution in [1.29, 1.82) is 0 Å². The van der Waals surface area contributed by atoms with Gasteiger partial charge >= 0.3 is 0 Å². The molecule has 0 bridgehead atoms. The van der Waals surface area contributed by atoms with E-state index in [1.165, 1.54) is 14.2 Å². The number of ether oxygens (including phenoxy) is 2. The van der Waals surface area contributed by atoms with E-state index in [1.54, 1.807) is 18.2 Å². The van der Waals surface area contributed by atoms with Gasteiger partial charge in [-0.05, 0) is 19.1 Å². The molecular weight excluding hydrogens is 242 g/mol. The summed E-state index contributed by atoms with van der Waals surface area (Å²) in [5, 5.41) is 2.76. The normalized spacial score (nSPS) is 11.8. The van der Waals surface area contributed by atoms with E-state index in [9.17, 15) is 4.79 Å². The number of halogens is 1. The number of methoxy groups -OCH3 is 2. The molecule has 0 aliphatic rings. The molecule has 1 rings (SSSR count). The summed E-state index contributed by atoms with van der Waals surface area (Å²) in [5.74, 6) is 1.04. The quantitative estimate of drug-likeness (QED) is 0.822. The van der Waals surface area contributed by atoms with Gasteiger partial charge in [-0.15, -0.1) is 11.6 Å². The molecule has 94 valence electrons. The number of hydrogen-bond acceptors (Lipinski definition) is 3. The first-order valence-electron chi connectivity index (χ1n) is 5.21. The Labute approximate surface area is 106 Å². The number of carbonyl (C=O) groups excluding carboxylic acids is 1. The summed E-state index contributed by atoms with van der Waals surface area (Å²) >= 11 is 5.65. The van der Waals surface area contributed by atoms with Crippen LogP contribution < -0.4 is 14.8 Å². The maximum Gasteiger partial charge on any atom is 0.259 e. The predicted octanol–water partition coefficient (Wildman–Crippen LogP) is 2.06. The van der Waals surface area contributed by atoms with Gasteiger partial charge in [0.25, 0.3) is 5.91 Å². The molecule has 0 heterocycles. The van der Waals surface area contributed by atoms with Crippen molar-refractivity contribution in [2.45, 2.75) is 13.0 Å². The highest BCUT2D eigenvalue weighted by Gasteiger charge is 2.19. The van der Waals surface area contributed by atoms with Crippen molar-refractivity contribution in [3.05, 3.63) is 23.8 Å². The Morgan fingerprint density at radius 1 is 1.35 bits per heavy atom. The average Bonchev–Trinajstić information content (AvgIpc) is 2.37. The van der Waals surface area contributed by atoms with Crippen LogP contribution in [-0.2, 0) is 0 Å². The van der Waals surface area contributed by atoms with Crippen LogP contribution in [0.1, 0.15) is 17.3 Å². The Bertz CT molecular complexity index is 373. The molecular formula is C12H16ClNO3. The molecule has 1 unspecified atom stereocenters. The highest BCUT2D eigenvalue weighted by molar-refractivity contribution is 6.18. The smallest absolute Gasteiger partial charge is 0.259 e. The fourth-order valence-corrected chi connectivity index (χ4v) is 1.49. The van der Waals surface area contributed by atoms with Gasteiger partial charge < -0.3 is 14.8 Å². The number of benzene rings is 1. The van der Waals surface area contributed by atoms with Crippen LogP contribution in [0.2, 0.25) is 0 Å². The Balaban J connectivity index is 3.05. The summed E-state index contributed by atoms with van der Waals surface area (Å²) in [4.78, 5) is 12.0. The van der Waals surface area contributed by atoms with Crippen LogP contribution >= 0.6 is 11.6 Å². The van der Waals surface area contributed by atoms with Crippen LogP contribution in [0.3, 0.4) is 0 Å². The molecule has 1 N–H and O–H groups in total. The molecule has 4 nitrogen and oxygen atoms in total. The standard InChI is InChI=1S/C12H16ClNO3/c1-8(7-13)14-12(15)11-9(16-2)5-4-6-10(11)17-3/h4-6,8H,7H2,1-3H3,(H,14,15). The van der Waals surface area contributed by atoms with Gasteiger partial charge in [0.05, 0.1) is 14.2 Å². The summed E-state index contributed by atoms with van der Waals surface area (Å²) in [6.07, 6.45) is 0. The molecule has 0 saturated carbocycles. The minimum absolute atomic E-state index is 0.112. The Kier molecular flexibility index (Phi) is 5.10. The lowest BCUT2D eigenvalue weighted by Crippen LogP contribution is -2.34. The Hall–Kier alpha value is -1.42. The molecule has 0 fully saturated rings. The molecule has 0 aliphatic carbocycles. The van der Waals surface area contributed by atoms with Crippen molar-refractivity contribution < 1.29 is 14.3 Å². The number of amides is 1. The lowest BCUT2D eigenvalue weighted by Gasteiger charge is -2.15. The Morgan fingerprint density at radius 3 is 2.29 bits per heavy atom. The zero-order valence-electron chi connectivity index (χ0n) is 10.1. The maximum atomic E-state index is 12.0. The lowest BCUT2D eigenvalue weighted by molar-refractivity contribution is 0.0937. The van der Waals surface area contributed by atoms with Crippen molar-refractivity contribution >= 4 is 17.5 Å². The first kappa shape index (κ1) is 13.6. The molecule has 0 aromatic heterocycles. The molecule has 0 aliphatic heterocycles. The minimum Gasteiger partial charge on any atom is -0.496 e. The number of carbonyl (C=O) groups is 1. The fraction of sp³-hybridized carbons (Fsp3) is 0.417. The fourth-order valence-electron chi connectivity index (χ4n) is 1.41. The molecule has 0 radical (unpaired) electrons. The van der Waals surface area contributed by atoms with E-state index in [4.69, 9.17) is 21.1 Å². The third kappa shape index (κ3) is 3.27. The van der Waals surface area contributed by atoms with Gasteiger partial charge in [-0.1, -0.05) is 6.07 Å². The van der Waals surface area contributed by atoms with Crippen LogP contribution in [0.25, 0.3) is 0 Å². The summed E-state index contributed by atoms with van der Waals surface area (Å²) in [6.45, 7) is 1.83. The molecule has 1 aromatic rings. The first-order valence-corrected chi connectivity index (χ1v) is 5.75. The van der Waals surface area contributed by atoms with Gasteiger partial charge in [0.15, 0.2) is 0 Å². The first-order chi connectivity index (χ1) is 8.13. The third-order valence-electron chi connectivity index (χ3n) is 2.26. The van der Waals surface area contributed by atoms with Crippen molar-refractivity contribution in [2.75, 3.05) is 20.1 Å². The average molecular weight is 258 g/mol. The number of alkyl halides is 1. The van der Waals surface area contributed by atoms with E-state index in [0.717, 1.165) is 0 Å². The van der Waals surface area contributed by atoms with Crippen molar-refractivity contribution in [1.82, 2.24) is 5.32 Å². The van der Waals surface area contributed by atoms with Crippen LogP contribution in [0.5, 0.6) is 11.5 Å². The highest BCUT2D eigenvalue weighted by atomic mass is 35.5. The monoisotopic (exact) mass is 257 g/mol. The van der Waals surface area contributed by atoms with Gasteiger partial charge in [-0.3, -0.25) is 4.79 Å². The van der Waals surface area contributed by atoms with Gasteiger partial charge in [-0.25, -0.2) is 0 Å². The van der Waals surface area contributed by atoms with Crippen LogP contribution in [0.15, 0.2) is 18.2 Å². The van der Waals surface area contributed by atoms with Gasteiger partial charge in [0.1, 0.15) is 17.1 Å². The molecule has 17 heavy (non-hydrogen) atoms. The number of hydrogen-bond donors (Lipinski definition) is 1. The minimum atomic E-state index is -0.257. The maximum absolute atomic E-state index is 12.0. The van der Waals surface area contributed by atoms with Gasteiger partial charge in [-0.2, -0.15) is 0 Å². The topological polar surface area (TPSA) is 47.6 Å². The van der Waals surface area contributed by atoms with Crippen LogP contribution in [0, 0.1) is 0 Å². The summed E-state index contributed by atoms with van der Waals surface area (Å²) in [7, 11) is 3.02. The summed E-state index contributed by atoms with van der Waals surface area (Å²) < 4.78 is 10.3. The van der Waals surface area contributed by atoms with E-state index in [1.807, 2.05) is 6.92 Å². The third-order valence-corrected chi connectivity index (χ3v) is 2.73. The van der Waals surface area contributed by atoms with Gasteiger partial charge in [0, 0.05) is 11.9 Å². The number of nitrogens with one attached hydrogen (secondary N) is 1. The summed E-state index contributed by atoms with van der Waals surface area (Å²) in [5.41, 5.74) is 0.384. The lowest BCUT2D eigenvalue weighted by atomic mass is 10.1. The van der Waals surface area contributed by atoms with E-state index in [-0.39, 0.29) is 11.9 Å². The van der Waals surface area contributed by atoms with E-state index < -0.39 is 0 Å². The van der Waals surface area contributed by atoms with E-state index >= 15 is 0 Å². The molecule has 1 aromatic carbocycles. The van der Waals surface area contributed by atoms with E-state index in [2.05, 4.69) is 5.32 Å². The zero-order chi connectivity index (χ0) is 12.8. The largest absolute Gasteiger partial charge is 0.496 e. The van der Waals surface area contributed by atoms with Crippen molar-refractivity contribution in [3.8, 4) is 11.5 Å². The second-order valence-electron chi connectivity index (χ2n) is 3.57. The second kappa shape index (κ2) is 6.35. The Morgan fingerprint density at radius 2 is 1.88 bits per heavy atom. The molecule has 1 atom stereocenters. The van der Waals surface area contributed by atoms with E-state index in [0.29, 0.717) is 22.9 Å². The summed E-state index contributed by atoms with van der Waals surface area (Å²) in [6, 6.07) is 5.07. The number of rotatable bonds is 5. The predicted molar refractivity (Wildman–Crippen MR) is 67.2 cm³/mol. The molecule has 5 heteroatoms. The zero-order valence-corrected chi connectivity index (χ0v) is 10.9. The van der Waals surface area contributed by atoms with Crippen molar-refractivity contribution in [3.63, 3.8) is 0 Å². The van der Waals surface area contributed by atoms with Crippen molar-refractivity contribution in [2.24, 2.45) is 0 Å². The SMILES string of the molecule is COc1cccc(OC)c1C(=O)NC(C)CCl. The molecule has 0 spiro atoms. The van der Waals surface area contributed by atoms with Crippen LogP contribution in [-0.4, -0.2) is 32.0 Å². The van der Waals surface area contributed by atoms with Crippen LogP contribution in [0.4, 0.5) is 0 Å². The molecule has 1 amide bonds. The molecule has 0 saturated heterocycles. The van der Waals surface area contributed by atoms with Gasteiger partial charge in [0.2, 0.25) is 0 Å². The highest BCUT2D eigenvalue weighted by Crippen LogP contribution is 2.27. The second-order valence-corrected chi connectivity index (χ2v) is 3.87.